The molecule has 0 spiro atoms. The number of thiophene rings is 1. The standard InChI is InChI=1S/C18H22ClN3O2S/c19-17-12-5-1-2-6-15(12)25-16(17)9-20-18(24)22-10-13(14(23)11-22)21-7-3-4-8-21/h1-2,5-6,13-14,23H,3-4,7-11H2,(H,20,24)/t13-,14-/m0/s1. The highest BCUT2D eigenvalue weighted by atomic mass is 35.5. The van der Waals surface area contributed by atoms with Crippen molar-refractivity contribution in [3.05, 3.63) is 34.2 Å². The first-order valence-electron chi connectivity index (χ1n) is 8.74. The summed E-state index contributed by atoms with van der Waals surface area (Å²) in [7, 11) is 0. The van der Waals surface area contributed by atoms with Gasteiger partial charge in [-0.25, -0.2) is 4.79 Å². The Morgan fingerprint density at radius 2 is 2.04 bits per heavy atom. The van der Waals surface area contributed by atoms with Gasteiger partial charge in [-0.05, 0) is 32.0 Å². The number of hydrogen-bond donors (Lipinski definition) is 2. The molecule has 134 valence electrons. The summed E-state index contributed by atoms with van der Waals surface area (Å²) in [5.41, 5.74) is 0. The van der Waals surface area contributed by atoms with Gasteiger partial charge in [-0.2, -0.15) is 0 Å². The van der Waals surface area contributed by atoms with E-state index in [9.17, 15) is 9.90 Å². The summed E-state index contributed by atoms with van der Waals surface area (Å²) in [6, 6.07) is 7.93. The maximum Gasteiger partial charge on any atom is 0.317 e. The van der Waals surface area contributed by atoms with Gasteiger partial charge in [-0.1, -0.05) is 29.8 Å². The number of likely N-dealkylation sites (tertiary alicyclic amines) is 2. The van der Waals surface area contributed by atoms with Crippen LogP contribution in [0.1, 0.15) is 17.7 Å². The first kappa shape index (κ1) is 17.1. The smallest absolute Gasteiger partial charge is 0.317 e. The lowest BCUT2D eigenvalue weighted by atomic mass is 10.2. The van der Waals surface area contributed by atoms with Crippen LogP contribution in [0, 0.1) is 0 Å². The molecule has 7 heteroatoms. The molecule has 1 aromatic carbocycles. The predicted octanol–water partition coefficient (Wildman–Crippen LogP) is 2.91. The summed E-state index contributed by atoms with van der Waals surface area (Å²) in [4.78, 5) is 17.5. The quantitative estimate of drug-likeness (QED) is 0.862. The summed E-state index contributed by atoms with van der Waals surface area (Å²) in [5.74, 6) is 0. The molecule has 2 aromatic rings. The minimum Gasteiger partial charge on any atom is -0.390 e. The molecular formula is C18H22ClN3O2S. The van der Waals surface area contributed by atoms with Gasteiger partial charge >= 0.3 is 6.03 Å². The van der Waals surface area contributed by atoms with E-state index in [1.165, 1.54) is 12.8 Å². The van der Waals surface area contributed by atoms with Gasteiger partial charge < -0.3 is 15.3 Å². The van der Waals surface area contributed by atoms with Crippen molar-refractivity contribution in [2.24, 2.45) is 0 Å². The molecule has 2 atom stereocenters. The molecule has 2 amide bonds. The minimum atomic E-state index is -0.461. The van der Waals surface area contributed by atoms with Crippen LogP contribution in [0.25, 0.3) is 10.1 Å². The Labute approximate surface area is 156 Å². The summed E-state index contributed by atoms with van der Waals surface area (Å²) in [6.07, 6.45) is 1.90. The van der Waals surface area contributed by atoms with Crippen LogP contribution in [0.2, 0.25) is 5.02 Å². The zero-order valence-electron chi connectivity index (χ0n) is 13.9. The van der Waals surface area contributed by atoms with Crippen molar-refractivity contribution in [2.75, 3.05) is 26.2 Å². The van der Waals surface area contributed by atoms with Gasteiger partial charge in [0, 0.05) is 28.1 Å². The van der Waals surface area contributed by atoms with Gasteiger partial charge in [0.15, 0.2) is 0 Å². The predicted molar refractivity (Wildman–Crippen MR) is 101 cm³/mol. The number of urea groups is 1. The SMILES string of the molecule is O=C(NCc1sc2ccccc2c1Cl)N1C[C@H](O)[C@@H](N2CCCC2)C1. The van der Waals surface area contributed by atoms with E-state index in [4.69, 9.17) is 11.6 Å². The fourth-order valence-electron chi connectivity index (χ4n) is 3.81. The van der Waals surface area contributed by atoms with Gasteiger partial charge in [0.2, 0.25) is 0 Å². The highest BCUT2D eigenvalue weighted by molar-refractivity contribution is 7.19. The fourth-order valence-corrected chi connectivity index (χ4v) is 5.25. The molecule has 4 rings (SSSR count). The van der Waals surface area contributed by atoms with E-state index in [-0.39, 0.29) is 12.1 Å². The maximum absolute atomic E-state index is 12.5. The Bertz CT molecular complexity index is 775. The highest BCUT2D eigenvalue weighted by Crippen LogP contribution is 2.35. The van der Waals surface area contributed by atoms with E-state index in [0.29, 0.717) is 19.6 Å². The number of nitrogens with one attached hydrogen (secondary N) is 1. The second-order valence-electron chi connectivity index (χ2n) is 6.78. The molecule has 2 aliphatic heterocycles. The zero-order valence-corrected chi connectivity index (χ0v) is 15.5. The maximum atomic E-state index is 12.5. The van der Waals surface area contributed by atoms with Crippen LogP contribution in [-0.4, -0.2) is 59.3 Å². The molecule has 2 N–H and O–H groups in total. The molecule has 25 heavy (non-hydrogen) atoms. The lowest BCUT2D eigenvalue weighted by Gasteiger charge is -2.25. The third kappa shape index (κ3) is 3.36. The Balaban J connectivity index is 1.38. The van der Waals surface area contributed by atoms with E-state index in [1.54, 1.807) is 16.2 Å². The number of nitrogens with zero attached hydrogens (tertiary/aromatic N) is 2. The molecule has 0 unspecified atom stereocenters. The van der Waals surface area contributed by atoms with Crippen LogP contribution >= 0.6 is 22.9 Å². The Kier molecular flexibility index (Phi) is 4.86. The van der Waals surface area contributed by atoms with Crippen molar-refractivity contribution in [1.29, 1.82) is 0 Å². The number of benzene rings is 1. The average molecular weight is 380 g/mol. The number of carbonyl (C=O) groups excluding carboxylic acids is 1. The summed E-state index contributed by atoms with van der Waals surface area (Å²) >= 11 is 8.04. The molecular weight excluding hydrogens is 358 g/mol. The largest absolute Gasteiger partial charge is 0.390 e. The third-order valence-corrected chi connectivity index (χ3v) is 6.87. The lowest BCUT2D eigenvalue weighted by Crippen LogP contribution is -2.42. The van der Waals surface area contributed by atoms with Crippen molar-refractivity contribution in [3.63, 3.8) is 0 Å². The van der Waals surface area contributed by atoms with E-state index >= 15 is 0 Å². The third-order valence-electron chi connectivity index (χ3n) is 5.16. The van der Waals surface area contributed by atoms with E-state index in [2.05, 4.69) is 10.2 Å². The zero-order chi connectivity index (χ0) is 17.4. The number of amides is 2. The summed E-state index contributed by atoms with van der Waals surface area (Å²) in [6.45, 7) is 3.45. The van der Waals surface area contributed by atoms with E-state index < -0.39 is 6.10 Å². The molecule has 5 nitrogen and oxygen atoms in total. The van der Waals surface area contributed by atoms with Crippen molar-refractivity contribution in [3.8, 4) is 0 Å². The van der Waals surface area contributed by atoms with Crippen molar-refractivity contribution in [2.45, 2.75) is 31.5 Å². The monoisotopic (exact) mass is 379 g/mol. The molecule has 1 aromatic heterocycles. The second-order valence-corrected chi connectivity index (χ2v) is 8.29. The Morgan fingerprint density at radius 1 is 1.28 bits per heavy atom. The summed E-state index contributed by atoms with van der Waals surface area (Å²) < 4.78 is 1.13. The van der Waals surface area contributed by atoms with Crippen LogP contribution in [0.15, 0.2) is 24.3 Å². The number of β-amino-alcohol motifs (C(OH)–C–C–N with tert-alkyl or cyclic N) is 1. The van der Waals surface area contributed by atoms with Crippen molar-refractivity contribution >= 4 is 39.1 Å². The lowest BCUT2D eigenvalue weighted by molar-refractivity contribution is 0.0980. The number of rotatable bonds is 3. The average Bonchev–Trinajstić information content (AvgIpc) is 3.33. The number of fused-ring (bicyclic) bond motifs is 1. The van der Waals surface area contributed by atoms with Crippen LogP contribution in [0.5, 0.6) is 0 Å². The topological polar surface area (TPSA) is 55.8 Å². The second kappa shape index (κ2) is 7.11. The molecule has 2 saturated heterocycles. The van der Waals surface area contributed by atoms with Crippen LogP contribution in [0.3, 0.4) is 0 Å². The van der Waals surface area contributed by atoms with Gasteiger partial charge in [0.1, 0.15) is 0 Å². The van der Waals surface area contributed by atoms with Gasteiger partial charge in [0.25, 0.3) is 0 Å². The molecule has 2 aliphatic rings. The van der Waals surface area contributed by atoms with Gasteiger partial charge in [0.05, 0.1) is 23.7 Å². The molecule has 2 fully saturated rings. The molecule has 0 radical (unpaired) electrons. The first-order valence-corrected chi connectivity index (χ1v) is 9.94. The van der Waals surface area contributed by atoms with Crippen molar-refractivity contribution in [1.82, 2.24) is 15.1 Å². The molecule has 3 heterocycles. The minimum absolute atomic E-state index is 0.0705. The van der Waals surface area contributed by atoms with E-state index in [1.807, 2.05) is 24.3 Å². The Hall–Kier alpha value is -1.34. The Morgan fingerprint density at radius 3 is 2.80 bits per heavy atom. The van der Waals surface area contributed by atoms with Crippen LogP contribution in [-0.2, 0) is 6.54 Å². The van der Waals surface area contributed by atoms with Crippen LogP contribution in [0.4, 0.5) is 4.79 Å². The highest BCUT2D eigenvalue weighted by Gasteiger charge is 2.38. The molecule has 0 aliphatic carbocycles. The fraction of sp³-hybridized carbons (Fsp3) is 0.500. The van der Waals surface area contributed by atoms with Gasteiger partial charge in [-0.3, -0.25) is 4.90 Å². The normalized spacial score (nSPS) is 24.3. The molecule has 0 bridgehead atoms. The number of aliphatic hydroxyl groups excluding tert-OH is 1. The van der Waals surface area contributed by atoms with Crippen LogP contribution < -0.4 is 5.32 Å². The number of carbonyl (C=O) groups is 1. The van der Waals surface area contributed by atoms with Gasteiger partial charge in [-0.15, -0.1) is 11.3 Å². The number of halogens is 1. The number of hydrogen-bond acceptors (Lipinski definition) is 4. The first-order chi connectivity index (χ1) is 12.1. The van der Waals surface area contributed by atoms with Crippen molar-refractivity contribution < 1.29 is 9.90 Å². The number of aliphatic hydroxyl groups is 1. The molecule has 0 saturated carbocycles. The van der Waals surface area contributed by atoms with E-state index in [0.717, 1.165) is 33.1 Å². The summed E-state index contributed by atoms with van der Waals surface area (Å²) in [5, 5.41) is 15.0.